The minimum Gasteiger partial charge on any atom is -0.508 e. The van der Waals surface area contributed by atoms with Gasteiger partial charge in [-0.25, -0.2) is 4.79 Å². The predicted molar refractivity (Wildman–Crippen MR) is 126 cm³/mol. The van der Waals surface area contributed by atoms with Crippen molar-refractivity contribution < 1.29 is 13.9 Å². The van der Waals surface area contributed by atoms with E-state index < -0.39 is 5.63 Å². The summed E-state index contributed by atoms with van der Waals surface area (Å²) in [6, 6.07) is 16.0. The zero-order chi connectivity index (χ0) is 22.6. The van der Waals surface area contributed by atoms with Crippen LogP contribution in [0.2, 0.25) is 0 Å². The molecule has 0 atom stereocenters. The molecule has 0 radical (unpaired) electrons. The topological polar surface area (TPSA) is 83.9 Å². The third-order valence-electron chi connectivity index (χ3n) is 5.81. The van der Waals surface area contributed by atoms with E-state index in [4.69, 9.17) is 8.83 Å². The molecule has 0 fully saturated rings. The molecule has 0 saturated heterocycles. The average Bonchev–Trinajstić information content (AvgIpc) is 2.76. The molecule has 2 heterocycles. The quantitative estimate of drug-likeness (QED) is 0.331. The highest BCUT2D eigenvalue weighted by Crippen LogP contribution is 2.33. The summed E-state index contributed by atoms with van der Waals surface area (Å²) >= 11 is 0. The van der Waals surface area contributed by atoms with E-state index in [0.29, 0.717) is 33.4 Å². The van der Waals surface area contributed by atoms with E-state index in [-0.39, 0.29) is 23.2 Å². The molecule has 3 aromatic carbocycles. The van der Waals surface area contributed by atoms with E-state index in [1.54, 1.807) is 37.2 Å². The molecule has 0 aliphatic rings. The Labute approximate surface area is 182 Å². The fourth-order valence-corrected chi connectivity index (χ4v) is 4.28. The highest BCUT2D eigenvalue weighted by Gasteiger charge is 2.22. The molecule has 0 unspecified atom stereocenters. The monoisotopic (exact) mass is 427 g/mol. The fraction of sp³-hybridized carbons (Fsp3) is 0.154. The van der Waals surface area contributed by atoms with Crippen LogP contribution >= 0.6 is 0 Å². The van der Waals surface area contributed by atoms with Gasteiger partial charge in [0.1, 0.15) is 16.9 Å². The van der Waals surface area contributed by atoms with Gasteiger partial charge in [0.15, 0.2) is 5.43 Å². The number of fused-ring (bicyclic) bond motifs is 4. The van der Waals surface area contributed by atoms with Crippen molar-refractivity contribution in [1.82, 2.24) is 0 Å². The van der Waals surface area contributed by atoms with E-state index in [2.05, 4.69) is 0 Å². The molecule has 0 aliphatic heterocycles. The SMILES string of the molecule is Cc1cc(=O)oc2c(Cc3c(N(C)C)oc4ccc5ccccc5c4c3=O)c(O)ccc12. The van der Waals surface area contributed by atoms with Crippen LogP contribution in [0.25, 0.3) is 32.7 Å². The Morgan fingerprint density at radius 3 is 2.47 bits per heavy atom. The van der Waals surface area contributed by atoms with Crippen molar-refractivity contribution in [2.75, 3.05) is 19.0 Å². The van der Waals surface area contributed by atoms with Gasteiger partial charge >= 0.3 is 5.63 Å². The second-order valence-corrected chi connectivity index (χ2v) is 8.13. The molecule has 2 aromatic heterocycles. The van der Waals surface area contributed by atoms with Gasteiger partial charge in [-0.3, -0.25) is 4.79 Å². The van der Waals surface area contributed by atoms with Crippen molar-refractivity contribution in [3.05, 3.63) is 91.9 Å². The van der Waals surface area contributed by atoms with Gasteiger partial charge in [0.25, 0.3) is 0 Å². The molecule has 0 bridgehead atoms. The Bertz CT molecular complexity index is 1640. The van der Waals surface area contributed by atoms with Gasteiger partial charge in [-0.2, -0.15) is 0 Å². The van der Waals surface area contributed by atoms with Crippen LogP contribution < -0.4 is 16.0 Å². The Balaban J connectivity index is 1.85. The first-order valence-electron chi connectivity index (χ1n) is 10.2. The van der Waals surface area contributed by atoms with Gasteiger partial charge in [-0.1, -0.05) is 30.3 Å². The number of aromatic hydroxyl groups is 1. The number of phenols is 1. The van der Waals surface area contributed by atoms with Gasteiger partial charge in [0.05, 0.1) is 10.9 Å². The Morgan fingerprint density at radius 2 is 1.69 bits per heavy atom. The third kappa shape index (κ3) is 3.03. The molecule has 32 heavy (non-hydrogen) atoms. The number of hydrogen-bond donors (Lipinski definition) is 1. The zero-order valence-corrected chi connectivity index (χ0v) is 17.9. The highest BCUT2D eigenvalue weighted by atomic mass is 16.4. The Hall–Kier alpha value is -4.06. The summed E-state index contributed by atoms with van der Waals surface area (Å²) in [7, 11) is 3.59. The smallest absolute Gasteiger partial charge is 0.336 e. The zero-order valence-electron chi connectivity index (χ0n) is 17.9. The van der Waals surface area contributed by atoms with Crippen LogP contribution in [0.15, 0.2) is 73.0 Å². The maximum Gasteiger partial charge on any atom is 0.336 e. The van der Waals surface area contributed by atoms with Crippen molar-refractivity contribution in [1.29, 1.82) is 0 Å². The Morgan fingerprint density at radius 1 is 0.906 bits per heavy atom. The van der Waals surface area contributed by atoms with Crippen molar-refractivity contribution in [2.24, 2.45) is 0 Å². The van der Waals surface area contributed by atoms with E-state index in [0.717, 1.165) is 16.3 Å². The average molecular weight is 427 g/mol. The molecular weight excluding hydrogens is 406 g/mol. The minimum atomic E-state index is -0.508. The summed E-state index contributed by atoms with van der Waals surface area (Å²) in [5.74, 6) is 0.345. The number of rotatable bonds is 3. The maximum atomic E-state index is 13.8. The van der Waals surface area contributed by atoms with Crippen LogP contribution in [0, 0.1) is 6.92 Å². The lowest BCUT2D eigenvalue weighted by molar-refractivity contribution is 0.466. The maximum absolute atomic E-state index is 13.8. The number of benzene rings is 3. The first-order chi connectivity index (χ1) is 15.3. The molecule has 5 rings (SSSR count). The number of aryl methyl sites for hydroxylation is 1. The van der Waals surface area contributed by atoms with E-state index >= 15 is 0 Å². The summed E-state index contributed by atoms with van der Waals surface area (Å²) in [6.45, 7) is 1.81. The van der Waals surface area contributed by atoms with E-state index in [9.17, 15) is 14.7 Å². The molecule has 0 saturated carbocycles. The lowest BCUT2D eigenvalue weighted by Crippen LogP contribution is -2.19. The van der Waals surface area contributed by atoms with Crippen molar-refractivity contribution in [2.45, 2.75) is 13.3 Å². The van der Waals surface area contributed by atoms with Crippen LogP contribution in [0.5, 0.6) is 5.75 Å². The lowest BCUT2D eigenvalue weighted by Gasteiger charge is -2.18. The van der Waals surface area contributed by atoms with Crippen molar-refractivity contribution >= 4 is 38.6 Å². The van der Waals surface area contributed by atoms with Crippen LogP contribution in [0.1, 0.15) is 16.7 Å². The molecule has 0 spiro atoms. The summed E-state index contributed by atoms with van der Waals surface area (Å²) < 4.78 is 11.6. The van der Waals surface area contributed by atoms with Gasteiger partial charge in [-0.15, -0.1) is 0 Å². The first kappa shape index (κ1) is 19.9. The van der Waals surface area contributed by atoms with Crippen molar-refractivity contribution in [3.63, 3.8) is 0 Å². The van der Waals surface area contributed by atoms with E-state index in [1.165, 1.54) is 6.07 Å². The minimum absolute atomic E-state index is 0.0462. The van der Waals surface area contributed by atoms with Gasteiger partial charge in [0.2, 0.25) is 5.88 Å². The van der Waals surface area contributed by atoms with Crippen molar-refractivity contribution in [3.8, 4) is 5.75 Å². The molecule has 6 heteroatoms. The second-order valence-electron chi connectivity index (χ2n) is 8.13. The van der Waals surface area contributed by atoms with Gasteiger partial charge in [0, 0.05) is 37.5 Å². The summed E-state index contributed by atoms with van der Waals surface area (Å²) in [5, 5.41) is 13.6. The van der Waals surface area contributed by atoms with E-state index in [1.807, 2.05) is 37.3 Å². The molecule has 160 valence electrons. The number of phenolic OH excluding ortho intramolecular Hbond substituents is 1. The molecule has 0 amide bonds. The highest BCUT2D eigenvalue weighted by molar-refractivity contribution is 6.06. The lowest BCUT2D eigenvalue weighted by atomic mass is 9.97. The fourth-order valence-electron chi connectivity index (χ4n) is 4.28. The Kier molecular flexibility index (Phi) is 4.51. The standard InChI is InChI=1S/C26H21NO5/c1-14-12-22(29)32-25-16(14)9-10-20(28)18(25)13-19-24(30)23-17-7-5-4-6-15(17)8-11-21(23)31-26(19)27(2)3/h4-12,28H,13H2,1-3H3. The summed E-state index contributed by atoms with van der Waals surface area (Å²) in [4.78, 5) is 27.6. The predicted octanol–water partition coefficient (Wildman–Crippen LogP) is 4.72. The molecular formula is C26H21NO5. The van der Waals surface area contributed by atoms with Gasteiger partial charge < -0.3 is 18.8 Å². The van der Waals surface area contributed by atoms with Crippen LogP contribution in [0.3, 0.4) is 0 Å². The summed E-state index contributed by atoms with van der Waals surface area (Å²) in [5.41, 5.74) is 1.57. The molecule has 6 nitrogen and oxygen atoms in total. The van der Waals surface area contributed by atoms with Crippen LogP contribution in [0.4, 0.5) is 5.88 Å². The first-order valence-corrected chi connectivity index (χ1v) is 10.2. The van der Waals surface area contributed by atoms with Gasteiger partial charge in [-0.05, 0) is 41.5 Å². The summed E-state index contributed by atoms with van der Waals surface area (Å²) in [6.07, 6.45) is 0.0462. The number of anilines is 1. The number of hydrogen-bond acceptors (Lipinski definition) is 6. The molecule has 0 aliphatic carbocycles. The third-order valence-corrected chi connectivity index (χ3v) is 5.81. The molecule has 1 N–H and O–H groups in total. The number of nitrogens with zero attached hydrogens (tertiary/aromatic N) is 1. The van der Waals surface area contributed by atoms with Crippen LogP contribution in [-0.4, -0.2) is 19.2 Å². The normalized spacial score (nSPS) is 11.5. The van der Waals surface area contributed by atoms with Crippen LogP contribution in [-0.2, 0) is 6.42 Å². The molecule has 5 aromatic rings. The largest absolute Gasteiger partial charge is 0.508 e. The second kappa shape index (κ2) is 7.27.